The van der Waals surface area contributed by atoms with Gasteiger partial charge in [-0.3, -0.25) is 4.79 Å². The second kappa shape index (κ2) is 11.0. The summed E-state index contributed by atoms with van der Waals surface area (Å²) in [6.45, 7) is 0.670. The Hall–Kier alpha value is -3.86. The van der Waals surface area contributed by atoms with Crippen molar-refractivity contribution in [1.29, 1.82) is 0 Å². The van der Waals surface area contributed by atoms with E-state index in [-0.39, 0.29) is 37.0 Å². The van der Waals surface area contributed by atoms with Gasteiger partial charge in [0.15, 0.2) is 0 Å². The molecule has 1 fully saturated rings. The number of aliphatic hydroxyl groups is 1. The van der Waals surface area contributed by atoms with Crippen molar-refractivity contribution >= 4 is 17.3 Å². The van der Waals surface area contributed by atoms with Crippen molar-refractivity contribution in [3.8, 4) is 11.5 Å². The topological polar surface area (TPSA) is 71.0 Å². The van der Waals surface area contributed by atoms with Crippen LogP contribution in [0, 0.1) is 11.6 Å². The predicted molar refractivity (Wildman–Crippen MR) is 137 cm³/mol. The van der Waals surface area contributed by atoms with E-state index in [2.05, 4.69) is 5.32 Å². The van der Waals surface area contributed by atoms with E-state index in [9.17, 15) is 31.9 Å². The van der Waals surface area contributed by atoms with Gasteiger partial charge in [0.1, 0.15) is 41.9 Å². The number of carbonyl (C=O) groups excluding carboxylic acids is 1. The van der Waals surface area contributed by atoms with E-state index >= 15 is 0 Å². The molecule has 1 saturated heterocycles. The maximum atomic E-state index is 14.9. The molecule has 11 heteroatoms. The van der Waals surface area contributed by atoms with Crippen LogP contribution in [0.5, 0.6) is 11.5 Å². The van der Waals surface area contributed by atoms with Crippen LogP contribution in [0.15, 0.2) is 54.6 Å². The highest BCUT2D eigenvalue weighted by Crippen LogP contribution is 2.36. The zero-order valence-corrected chi connectivity index (χ0v) is 21.4. The maximum Gasteiger partial charge on any atom is 0.416 e. The van der Waals surface area contributed by atoms with Gasteiger partial charge in [-0.15, -0.1) is 0 Å². The number of rotatable bonds is 7. The lowest BCUT2D eigenvalue weighted by Crippen LogP contribution is -2.48. The molecule has 0 saturated carbocycles. The van der Waals surface area contributed by atoms with Gasteiger partial charge in [0.2, 0.25) is 5.91 Å². The summed E-state index contributed by atoms with van der Waals surface area (Å²) in [6.07, 6.45) is -3.25. The smallest absolute Gasteiger partial charge is 0.416 e. The van der Waals surface area contributed by atoms with Gasteiger partial charge in [0.05, 0.1) is 16.9 Å². The van der Waals surface area contributed by atoms with E-state index < -0.39 is 29.0 Å². The lowest BCUT2D eigenvalue weighted by Gasteiger charge is -2.39. The normalized spacial score (nSPS) is 16.8. The van der Waals surface area contributed by atoms with Gasteiger partial charge in [0.25, 0.3) is 0 Å². The maximum absolute atomic E-state index is 14.9. The zero-order valence-electron chi connectivity index (χ0n) is 21.4. The summed E-state index contributed by atoms with van der Waals surface area (Å²) in [5, 5.41) is 13.6. The molecule has 2 N–H and O–H groups in total. The zero-order chi connectivity index (χ0) is 28.5. The molecule has 2 heterocycles. The number of halogens is 5. The third kappa shape index (κ3) is 6.14. The molecule has 3 aromatic carbocycles. The van der Waals surface area contributed by atoms with E-state index in [4.69, 9.17) is 9.47 Å². The number of ether oxygens (including phenoxy) is 2. The van der Waals surface area contributed by atoms with Crippen LogP contribution in [0.25, 0.3) is 0 Å². The second-order valence-corrected chi connectivity index (χ2v) is 10.0. The number of benzene rings is 3. The fraction of sp³-hybridized carbons (Fsp3) is 0.345. The molecule has 0 spiro atoms. The van der Waals surface area contributed by atoms with Crippen LogP contribution in [-0.4, -0.2) is 36.3 Å². The summed E-state index contributed by atoms with van der Waals surface area (Å²) >= 11 is 0. The summed E-state index contributed by atoms with van der Waals surface area (Å²) in [5.74, 6) is -0.681. The summed E-state index contributed by atoms with van der Waals surface area (Å²) in [6, 6.07) is 11.6. The van der Waals surface area contributed by atoms with Crippen molar-refractivity contribution in [1.82, 2.24) is 0 Å². The first-order valence-electron chi connectivity index (χ1n) is 12.8. The lowest BCUT2D eigenvalue weighted by molar-refractivity contribution is -0.137. The largest absolute Gasteiger partial charge is 0.490 e. The highest BCUT2D eigenvalue weighted by atomic mass is 19.4. The molecule has 0 bridgehead atoms. The van der Waals surface area contributed by atoms with Gasteiger partial charge in [-0.1, -0.05) is 12.1 Å². The first kappa shape index (κ1) is 27.7. The Morgan fingerprint density at radius 1 is 0.925 bits per heavy atom. The average molecular weight is 563 g/mol. The number of hydrogen-bond donors (Lipinski definition) is 2. The van der Waals surface area contributed by atoms with Crippen LogP contribution in [-0.2, 0) is 24.0 Å². The Bertz CT molecular complexity index is 1390. The van der Waals surface area contributed by atoms with E-state index in [1.54, 1.807) is 17.0 Å². The predicted octanol–water partition coefficient (Wildman–Crippen LogP) is 5.86. The van der Waals surface area contributed by atoms with E-state index in [1.807, 2.05) is 0 Å². The standard InChI is InChI=1S/C29H27F5N2O4/c30-22-7-9-25(21-6-10-26(37)35-27(21)22)40-17-28(38)11-13-36(14-12-28)24-8-5-20(15-23(24)31)39-16-18-1-3-19(4-2-18)29(32,33)34/h1-5,7-9,15,38H,6,10-14,16-17H2,(H,35,37). The Kier molecular flexibility index (Phi) is 7.59. The fourth-order valence-electron chi connectivity index (χ4n) is 4.87. The summed E-state index contributed by atoms with van der Waals surface area (Å²) < 4.78 is 78.6. The Balaban J connectivity index is 1.15. The molecule has 0 radical (unpaired) electrons. The average Bonchev–Trinajstić information content (AvgIpc) is 2.92. The van der Waals surface area contributed by atoms with Crippen LogP contribution in [0.2, 0.25) is 0 Å². The van der Waals surface area contributed by atoms with E-state index in [0.717, 1.165) is 12.1 Å². The minimum atomic E-state index is -4.42. The van der Waals surface area contributed by atoms with Crippen LogP contribution in [0.1, 0.15) is 36.0 Å². The number of alkyl halides is 3. The quantitative estimate of drug-likeness (QED) is 0.353. The van der Waals surface area contributed by atoms with Gasteiger partial charge in [-0.25, -0.2) is 8.78 Å². The van der Waals surface area contributed by atoms with Crippen LogP contribution in [0.4, 0.5) is 33.3 Å². The highest BCUT2D eigenvalue weighted by Gasteiger charge is 2.35. The molecule has 2 aliphatic rings. The van der Waals surface area contributed by atoms with Gasteiger partial charge in [-0.2, -0.15) is 13.2 Å². The Labute approximate surface area is 227 Å². The van der Waals surface area contributed by atoms with Gasteiger partial charge >= 0.3 is 6.18 Å². The van der Waals surface area contributed by atoms with Crippen LogP contribution in [0.3, 0.4) is 0 Å². The van der Waals surface area contributed by atoms with Gasteiger partial charge < -0.3 is 24.8 Å². The molecule has 5 rings (SSSR count). The third-order valence-corrected chi connectivity index (χ3v) is 7.22. The van der Waals surface area contributed by atoms with E-state index in [0.29, 0.717) is 54.9 Å². The van der Waals surface area contributed by atoms with Crippen molar-refractivity contribution in [3.05, 3.63) is 82.9 Å². The van der Waals surface area contributed by atoms with Crippen LogP contribution >= 0.6 is 0 Å². The van der Waals surface area contributed by atoms with Gasteiger partial charge in [-0.05, 0) is 61.2 Å². The van der Waals surface area contributed by atoms with Crippen molar-refractivity contribution in [2.45, 2.75) is 44.1 Å². The molecule has 0 atom stereocenters. The first-order chi connectivity index (χ1) is 19.0. The van der Waals surface area contributed by atoms with E-state index in [1.165, 1.54) is 30.3 Å². The summed E-state index contributed by atoms with van der Waals surface area (Å²) in [7, 11) is 0. The number of hydrogen-bond acceptors (Lipinski definition) is 5. The number of fused-ring (bicyclic) bond motifs is 1. The van der Waals surface area contributed by atoms with Crippen molar-refractivity contribution in [2.24, 2.45) is 0 Å². The van der Waals surface area contributed by atoms with Crippen LogP contribution < -0.4 is 19.7 Å². The number of carbonyl (C=O) groups is 1. The summed E-state index contributed by atoms with van der Waals surface area (Å²) in [5.41, 5.74) is -0.400. The minimum absolute atomic E-state index is 0.0166. The minimum Gasteiger partial charge on any atom is -0.490 e. The molecule has 40 heavy (non-hydrogen) atoms. The molecule has 2 aliphatic heterocycles. The summed E-state index contributed by atoms with van der Waals surface area (Å²) in [4.78, 5) is 13.4. The Morgan fingerprint density at radius 2 is 1.65 bits per heavy atom. The van der Waals surface area contributed by atoms with Gasteiger partial charge in [0, 0.05) is 31.1 Å². The number of nitrogens with one attached hydrogen (secondary N) is 1. The fourth-order valence-corrected chi connectivity index (χ4v) is 4.87. The molecule has 0 aliphatic carbocycles. The second-order valence-electron chi connectivity index (χ2n) is 10.0. The number of anilines is 2. The monoisotopic (exact) mass is 562 g/mol. The third-order valence-electron chi connectivity index (χ3n) is 7.22. The molecular weight excluding hydrogens is 535 g/mol. The van der Waals surface area contributed by atoms with Crippen molar-refractivity contribution in [3.63, 3.8) is 0 Å². The number of nitrogens with zero attached hydrogens (tertiary/aromatic N) is 1. The molecular formula is C29H27F5N2O4. The van der Waals surface area contributed by atoms with Crippen molar-refractivity contribution < 1.29 is 41.3 Å². The Morgan fingerprint density at radius 3 is 2.33 bits per heavy atom. The van der Waals surface area contributed by atoms with Crippen molar-refractivity contribution in [2.75, 3.05) is 29.9 Å². The number of amides is 1. The SMILES string of the molecule is O=C1CCc2c(OCC3(O)CCN(c4ccc(OCc5ccc(C(F)(F)F)cc5)cc4F)CC3)ccc(F)c2N1. The molecule has 6 nitrogen and oxygen atoms in total. The lowest BCUT2D eigenvalue weighted by atomic mass is 9.92. The molecule has 1 amide bonds. The number of piperidine rings is 1. The highest BCUT2D eigenvalue weighted by molar-refractivity contribution is 5.94. The first-order valence-corrected chi connectivity index (χ1v) is 12.8. The molecule has 212 valence electrons. The molecule has 0 aromatic heterocycles. The molecule has 0 unspecified atom stereocenters. The molecule has 3 aromatic rings.